The quantitative estimate of drug-likeness (QED) is 0.705. The molecule has 1 rings (SSSR count). The summed E-state index contributed by atoms with van der Waals surface area (Å²) in [7, 11) is 0. The third kappa shape index (κ3) is 5.19. The Balaban J connectivity index is 2.49. The normalized spacial score (nSPS) is 10.4. The molecule has 0 heterocycles. The standard InChI is InChI=1S/C15H24N4/c1-3-10-19(4-2)11-9-18-14-5-6-15(17)13(12-14)7-8-16/h5-6,12,18H,3-4,7,9-11,17H2,1-2H3. The van der Waals surface area contributed by atoms with Gasteiger partial charge in [-0.1, -0.05) is 13.8 Å². The Bertz CT molecular complexity index is 423. The van der Waals surface area contributed by atoms with Gasteiger partial charge in [0.25, 0.3) is 0 Å². The van der Waals surface area contributed by atoms with Crippen molar-refractivity contribution in [1.82, 2.24) is 4.90 Å². The van der Waals surface area contributed by atoms with Crippen molar-refractivity contribution in [1.29, 1.82) is 5.26 Å². The molecule has 0 atom stereocenters. The third-order valence-corrected chi connectivity index (χ3v) is 3.16. The molecule has 0 unspecified atom stereocenters. The number of nitrogen functional groups attached to an aromatic ring is 1. The molecule has 4 heteroatoms. The zero-order chi connectivity index (χ0) is 14.1. The first-order valence-electron chi connectivity index (χ1n) is 6.92. The van der Waals surface area contributed by atoms with E-state index in [9.17, 15) is 0 Å². The molecule has 0 fully saturated rings. The molecule has 0 bridgehead atoms. The Labute approximate surface area is 116 Å². The van der Waals surface area contributed by atoms with Crippen molar-refractivity contribution in [2.75, 3.05) is 37.2 Å². The van der Waals surface area contributed by atoms with Crippen molar-refractivity contribution in [3.8, 4) is 6.07 Å². The molecule has 3 N–H and O–H groups in total. The summed E-state index contributed by atoms with van der Waals surface area (Å²) < 4.78 is 0. The smallest absolute Gasteiger partial charge is 0.0670 e. The van der Waals surface area contributed by atoms with Gasteiger partial charge in [-0.3, -0.25) is 0 Å². The molecule has 4 nitrogen and oxygen atoms in total. The summed E-state index contributed by atoms with van der Waals surface area (Å²) in [5.74, 6) is 0. The lowest BCUT2D eigenvalue weighted by atomic mass is 10.1. The summed E-state index contributed by atoms with van der Waals surface area (Å²) in [6, 6.07) is 7.93. The summed E-state index contributed by atoms with van der Waals surface area (Å²) in [5.41, 5.74) is 8.45. The predicted molar refractivity (Wildman–Crippen MR) is 81.1 cm³/mol. The predicted octanol–water partition coefficient (Wildman–Crippen LogP) is 2.48. The first kappa shape index (κ1) is 15.3. The summed E-state index contributed by atoms with van der Waals surface area (Å²) in [5, 5.41) is 12.1. The highest BCUT2D eigenvalue weighted by Gasteiger charge is 2.02. The van der Waals surface area contributed by atoms with Crippen LogP contribution in [0.2, 0.25) is 0 Å². The summed E-state index contributed by atoms with van der Waals surface area (Å²) in [4.78, 5) is 2.42. The highest BCUT2D eigenvalue weighted by molar-refractivity contribution is 5.58. The van der Waals surface area contributed by atoms with Crippen LogP contribution in [0.5, 0.6) is 0 Å². The molecule has 104 valence electrons. The average molecular weight is 260 g/mol. The van der Waals surface area contributed by atoms with E-state index in [1.54, 1.807) is 0 Å². The van der Waals surface area contributed by atoms with Gasteiger partial charge in [0, 0.05) is 24.5 Å². The maximum absolute atomic E-state index is 8.74. The van der Waals surface area contributed by atoms with Gasteiger partial charge < -0.3 is 16.0 Å². The van der Waals surface area contributed by atoms with Crippen LogP contribution in [0.1, 0.15) is 25.8 Å². The van der Waals surface area contributed by atoms with E-state index in [-0.39, 0.29) is 0 Å². The van der Waals surface area contributed by atoms with Crippen LogP contribution in [-0.2, 0) is 6.42 Å². The number of anilines is 2. The van der Waals surface area contributed by atoms with Gasteiger partial charge in [0.05, 0.1) is 12.5 Å². The molecule has 0 spiro atoms. The molecule has 0 aliphatic rings. The second-order valence-electron chi connectivity index (χ2n) is 4.61. The topological polar surface area (TPSA) is 65.1 Å². The Morgan fingerprint density at radius 1 is 1.32 bits per heavy atom. The van der Waals surface area contributed by atoms with Gasteiger partial charge in [0.2, 0.25) is 0 Å². The van der Waals surface area contributed by atoms with E-state index in [0.717, 1.165) is 37.4 Å². The molecular weight excluding hydrogens is 236 g/mol. The maximum atomic E-state index is 8.74. The average Bonchev–Trinajstić information content (AvgIpc) is 2.41. The van der Waals surface area contributed by atoms with Crippen molar-refractivity contribution in [2.24, 2.45) is 0 Å². The Morgan fingerprint density at radius 3 is 2.74 bits per heavy atom. The van der Waals surface area contributed by atoms with Crippen molar-refractivity contribution >= 4 is 11.4 Å². The lowest BCUT2D eigenvalue weighted by Crippen LogP contribution is -2.29. The first-order valence-corrected chi connectivity index (χ1v) is 6.92. The fourth-order valence-electron chi connectivity index (χ4n) is 2.06. The van der Waals surface area contributed by atoms with Crippen molar-refractivity contribution in [2.45, 2.75) is 26.7 Å². The third-order valence-electron chi connectivity index (χ3n) is 3.16. The highest BCUT2D eigenvalue weighted by atomic mass is 15.1. The van der Waals surface area contributed by atoms with E-state index in [0.29, 0.717) is 12.1 Å². The number of nitrogens with two attached hydrogens (primary N) is 1. The lowest BCUT2D eigenvalue weighted by Gasteiger charge is -2.20. The van der Waals surface area contributed by atoms with Gasteiger partial charge in [0.15, 0.2) is 0 Å². The van der Waals surface area contributed by atoms with Crippen LogP contribution in [0.4, 0.5) is 11.4 Å². The highest BCUT2D eigenvalue weighted by Crippen LogP contribution is 2.18. The number of benzene rings is 1. The summed E-state index contributed by atoms with van der Waals surface area (Å²) in [6.45, 7) is 8.54. The molecule has 1 aromatic carbocycles. The molecule has 0 amide bonds. The van der Waals surface area contributed by atoms with Gasteiger partial charge in [-0.15, -0.1) is 0 Å². The molecule has 0 aliphatic heterocycles. The van der Waals surface area contributed by atoms with Gasteiger partial charge >= 0.3 is 0 Å². The van der Waals surface area contributed by atoms with Crippen molar-refractivity contribution in [3.05, 3.63) is 23.8 Å². The van der Waals surface area contributed by atoms with Crippen LogP contribution in [0, 0.1) is 11.3 Å². The Hall–Kier alpha value is -1.73. The second-order valence-corrected chi connectivity index (χ2v) is 4.61. The largest absolute Gasteiger partial charge is 0.398 e. The fraction of sp³-hybridized carbons (Fsp3) is 0.533. The van der Waals surface area contributed by atoms with Crippen LogP contribution >= 0.6 is 0 Å². The van der Waals surface area contributed by atoms with Crippen molar-refractivity contribution in [3.63, 3.8) is 0 Å². The number of nitrogens with one attached hydrogen (secondary N) is 1. The monoisotopic (exact) mass is 260 g/mol. The number of nitrogens with zero attached hydrogens (tertiary/aromatic N) is 2. The molecule has 0 radical (unpaired) electrons. The molecule has 0 saturated heterocycles. The minimum absolute atomic E-state index is 0.359. The van der Waals surface area contributed by atoms with Crippen LogP contribution < -0.4 is 11.1 Å². The number of rotatable bonds is 8. The van der Waals surface area contributed by atoms with E-state index in [2.05, 4.69) is 30.1 Å². The minimum Gasteiger partial charge on any atom is -0.398 e. The Morgan fingerprint density at radius 2 is 2.11 bits per heavy atom. The minimum atomic E-state index is 0.359. The Kier molecular flexibility index (Phi) is 6.76. The van der Waals surface area contributed by atoms with Gasteiger partial charge in [-0.25, -0.2) is 0 Å². The fourth-order valence-corrected chi connectivity index (χ4v) is 2.06. The first-order chi connectivity index (χ1) is 9.21. The van der Waals surface area contributed by atoms with Gasteiger partial charge in [0.1, 0.15) is 0 Å². The van der Waals surface area contributed by atoms with Crippen LogP contribution in [0.25, 0.3) is 0 Å². The van der Waals surface area contributed by atoms with Crippen LogP contribution in [-0.4, -0.2) is 31.1 Å². The van der Waals surface area contributed by atoms with E-state index in [4.69, 9.17) is 11.0 Å². The van der Waals surface area contributed by atoms with Crippen molar-refractivity contribution < 1.29 is 0 Å². The zero-order valence-electron chi connectivity index (χ0n) is 11.9. The lowest BCUT2D eigenvalue weighted by molar-refractivity contribution is 0.300. The van der Waals surface area contributed by atoms with E-state index < -0.39 is 0 Å². The van der Waals surface area contributed by atoms with Gasteiger partial charge in [-0.05, 0) is 43.3 Å². The molecule has 0 saturated carbocycles. The van der Waals surface area contributed by atoms with Gasteiger partial charge in [-0.2, -0.15) is 5.26 Å². The maximum Gasteiger partial charge on any atom is 0.0670 e. The van der Waals surface area contributed by atoms with Crippen LogP contribution in [0.3, 0.4) is 0 Å². The number of hydrogen-bond donors (Lipinski definition) is 2. The van der Waals surface area contributed by atoms with E-state index in [1.165, 1.54) is 6.42 Å². The van der Waals surface area contributed by atoms with E-state index >= 15 is 0 Å². The molecule has 0 aromatic heterocycles. The number of nitriles is 1. The molecular formula is C15H24N4. The van der Waals surface area contributed by atoms with Crippen LogP contribution in [0.15, 0.2) is 18.2 Å². The zero-order valence-corrected chi connectivity index (χ0v) is 11.9. The summed E-state index contributed by atoms with van der Waals surface area (Å²) in [6.07, 6.45) is 1.54. The van der Waals surface area contributed by atoms with E-state index in [1.807, 2.05) is 18.2 Å². The SMILES string of the molecule is CCCN(CC)CCNc1ccc(N)c(CC#N)c1. The second kappa shape index (κ2) is 8.39. The molecule has 19 heavy (non-hydrogen) atoms. The molecule has 0 aliphatic carbocycles. The molecule has 1 aromatic rings. The number of likely N-dealkylation sites (N-methyl/N-ethyl adjacent to an activating group) is 1. The number of hydrogen-bond acceptors (Lipinski definition) is 4. The summed E-state index contributed by atoms with van der Waals surface area (Å²) >= 11 is 0.